The lowest BCUT2D eigenvalue weighted by molar-refractivity contribution is 0.0734. The summed E-state index contributed by atoms with van der Waals surface area (Å²) in [6.07, 6.45) is 1.76. The number of benzene rings is 3. The number of hydrogen-bond acceptors (Lipinski definition) is 6. The SMILES string of the molecule is Cc1cc(-c2ccc3nccc(Nc4ccc5scnc5c4)c3c2)c(F)cc1C(=O)N1CCNCC1. The molecule has 0 saturated carbocycles. The lowest BCUT2D eigenvalue weighted by atomic mass is 9.97. The molecule has 8 heteroatoms. The van der Waals surface area contributed by atoms with Crippen molar-refractivity contribution >= 4 is 49.7 Å². The Kier molecular flexibility index (Phi) is 5.83. The van der Waals surface area contributed by atoms with Crippen molar-refractivity contribution in [1.82, 2.24) is 20.2 Å². The Morgan fingerprint density at radius 2 is 1.89 bits per heavy atom. The van der Waals surface area contributed by atoms with Crippen molar-refractivity contribution in [2.75, 3.05) is 31.5 Å². The van der Waals surface area contributed by atoms with E-state index in [1.54, 1.807) is 28.5 Å². The molecule has 5 aromatic rings. The zero-order valence-electron chi connectivity index (χ0n) is 19.7. The number of nitrogens with zero attached hydrogens (tertiary/aromatic N) is 3. The van der Waals surface area contributed by atoms with Crippen molar-refractivity contribution in [2.24, 2.45) is 0 Å². The van der Waals surface area contributed by atoms with E-state index in [0.717, 1.165) is 56.7 Å². The van der Waals surface area contributed by atoms with Gasteiger partial charge in [0.05, 0.1) is 21.2 Å². The van der Waals surface area contributed by atoms with Crippen molar-refractivity contribution in [3.8, 4) is 11.1 Å². The van der Waals surface area contributed by atoms with Crippen molar-refractivity contribution in [1.29, 1.82) is 0 Å². The van der Waals surface area contributed by atoms with E-state index in [4.69, 9.17) is 0 Å². The summed E-state index contributed by atoms with van der Waals surface area (Å²) < 4.78 is 16.5. The summed E-state index contributed by atoms with van der Waals surface area (Å²) >= 11 is 1.61. The van der Waals surface area contributed by atoms with Gasteiger partial charge in [0.25, 0.3) is 5.91 Å². The van der Waals surface area contributed by atoms with E-state index in [1.165, 1.54) is 6.07 Å². The van der Waals surface area contributed by atoms with Crippen LogP contribution in [0.5, 0.6) is 0 Å². The molecule has 3 aromatic carbocycles. The zero-order valence-corrected chi connectivity index (χ0v) is 20.5. The molecule has 1 aliphatic rings. The van der Waals surface area contributed by atoms with E-state index in [1.807, 2.05) is 54.9 Å². The van der Waals surface area contributed by atoms with Gasteiger partial charge >= 0.3 is 0 Å². The first-order chi connectivity index (χ1) is 17.6. The molecule has 0 radical (unpaired) electrons. The van der Waals surface area contributed by atoms with Crippen LogP contribution in [0.25, 0.3) is 32.2 Å². The molecule has 1 amide bonds. The first-order valence-electron chi connectivity index (χ1n) is 11.9. The minimum Gasteiger partial charge on any atom is -0.355 e. The molecule has 1 fully saturated rings. The number of piperazine rings is 1. The van der Waals surface area contributed by atoms with Crippen LogP contribution in [0.4, 0.5) is 15.8 Å². The summed E-state index contributed by atoms with van der Waals surface area (Å²) in [4.78, 5) is 23.7. The zero-order chi connectivity index (χ0) is 24.6. The first-order valence-corrected chi connectivity index (χ1v) is 12.7. The van der Waals surface area contributed by atoms with Gasteiger partial charge in [-0.1, -0.05) is 6.07 Å². The number of hydrogen-bond donors (Lipinski definition) is 2. The number of anilines is 2. The van der Waals surface area contributed by atoms with E-state index in [0.29, 0.717) is 24.2 Å². The smallest absolute Gasteiger partial charge is 0.254 e. The molecule has 0 unspecified atom stereocenters. The maximum absolute atomic E-state index is 15.4. The van der Waals surface area contributed by atoms with Gasteiger partial charge in [-0.2, -0.15) is 0 Å². The molecule has 6 rings (SSSR count). The van der Waals surface area contributed by atoms with E-state index < -0.39 is 5.82 Å². The summed E-state index contributed by atoms with van der Waals surface area (Å²) in [6.45, 7) is 4.63. The highest BCUT2D eigenvalue weighted by molar-refractivity contribution is 7.16. The van der Waals surface area contributed by atoms with Crippen LogP contribution in [0.1, 0.15) is 15.9 Å². The highest BCUT2D eigenvalue weighted by atomic mass is 32.1. The van der Waals surface area contributed by atoms with Crippen LogP contribution in [0.15, 0.2) is 66.3 Å². The average molecular weight is 498 g/mol. The molecule has 0 spiro atoms. The van der Waals surface area contributed by atoms with Crippen LogP contribution in [-0.2, 0) is 0 Å². The number of halogens is 1. The molecule has 180 valence electrons. The van der Waals surface area contributed by atoms with Crippen LogP contribution < -0.4 is 10.6 Å². The number of pyridine rings is 1. The molecule has 3 heterocycles. The topological polar surface area (TPSA) is 70.2 Å². The molecular formula is C28H24FN5OS. The number of fused-ring (bicyclic) bond motifs is 2. The van der Waals surface area contributed by atoms with Crippen LogP contribution in [-0.4, -0.2) is 47.0 Å². The predicted molar refractivity (Wildman–Crippen MR) is 144 cm³/mol. The van der Waals surface area contributed by atoms with Gasteiger partial charge in [-0.3, -0.25) is 9.78 Å². The molecule has 6 nitrogen and oxygen atoms in total. The summed E-state index contributed by atoms with van der Waals surface area (Å²) in [5, 5.41) is 7.59. The minimum absolute atomic E-state index is 0.120. The summed E-state index contributed by atoms with van der Waals surface area (Å²) in [6, 6.07) is 16.9. The van der Waals surface area contributed by atoms with E-state index in [9.17, 15) is 4.79 Å². The molecule has 0 bridgehead atoms. The molecule has 0 atom stereocenters. The Bertz CT molecular complexity index is 1610. The van der Waals surface area contributed by atoms with Gasteiger partial charge < -0.3 is 15.5 Å². The van der Waals surface area contributed by atoms with E-state index >= 15 is 4.39 Å². The van der Waals surface area contributed by atoms with Crippen molar-refractivity contribution in [3.05, 3.63) is 83.2 Å². The van der Waals surface area contributed by atoms with Gasteiger partial charge in [0.1, 0.15) is 5.82 Å². The Morgan fingerprint density at radius 3 is 2.75 bits per heavy atom. The summed E-state index contributed by atoms with van der Waals surface area (Å²) in [5.41, 5.74) is 7.75. The monoisotopic (exact) mass is 497 g/mol. The lowest BCUT2D eigenvalue weighted by Gasteiger charge is -2.28. The van der Waals surface area contributed by atoms with Gasteiger partial charge in [-0.25, -0.2) is 9.37 Å². The number of aromatic nitrogens is 2. The third-order valence-corrected chi connectivity index (χ3v) is 7.42. The minimum atomic E-state index is -0.411. The van der Waals surface area contributed by atoms with E-state index in [2.05, 4.69) is 20.6 Å². The van der Waals surface area contributed by atoms with Crippen LogP contribution in [0.3, 0.4) is 0 Å². The van der Waals surface area contributed by atoms with Crippen LogP contribution in [0.2, 0.25) is 0 Å². The van der Waals surface area contributed by atoms with E-state index in [-0.39, 0.29) is 5.91 Å². The number of amides is 1. The molecule has 36 heavy (non-hydrogen) atoms. The number of aryl methyl sites for hydroxylation is 1. The van der Waals surface area contributed by atoms with Crippen molar-refractivity contribution in [3.63, 3.8) is 0 Å². The predicted octanol–water partition coefficient (Wildman–Crippen LogP) is 5.75. The Morgan fingerprint density at radius 1 is 1.03 bits per heavy atom. The standard InChI is InChI=1S/C28H24FN5OS/c1-17-12-21(23(29)15-20(17)28(35)34-10-8-30-9-11-34)18-2-4-24-22(13-18)25(6-7-31-24)33-19-3-5-27-26(14-19)32-16-36-27/h2-7,12-16,30H,8-11H2,1H3,(H,31,33). The third kappa shape index (κ3) is 4.19. The highest BCUT2D eigenvalue weighted by Gasteiger charge is 2.21. The molecule has 1 aliphatic heterocycles. The number of thiazole rings is 1. The van der Waals surface area contributed by atoms with Gasteiger partial charge in [0.15, 0.2) is 0 Å². The Balaban J connectivity index is 1.36. The second-order valence-corrected chi connectivity index (χ2v) is 9.83. The molecule has 2 N–H and O–H groups in total. The summed E-state index contributed by atoms with van der Waals surface area (Å²) in [7, 11) is 0. The number of carbonyl (C=O) groups is 1. The van der Waals surface area contributed by atoms with Crippen LogP contribution in [0, 0.1) is 12.7 Å². The van der Waals surface area contributed by atoms with Gasteiger partial charge in [0, 0.05) is 60.3 Å². The molecule has 1 saturated heterocycles. The Labute approximate surface area is 211 Å². The second-order valence-electron chi connectivity index (χ2n) is 8.94. The third-order valence-electron chi connectivity index (χ3n) is 6.61. The normalized spacial score (nSPS) is 13.9. The fourth-order valence-electron chi connectivity index (χ4n) is 4.69. The lowest BCUT2D eigenvalue weighted by Crippen LogP contribution is -2.46. The molecule has 2 aromatic heterocycles. The molecular weight excluding hydrogens is 473 g/mol. The number of nitrogens with one attached hydrogen (secondary N) is 2. The molecule has 0 aliphatic carbocycles. The second kappa shape index (κ2) is 9.29. The highest BCUT2D eigenvalue weighted by Crippen LogP contribution is 2.33. The van der Waals surface area contributed by atoms with Crippen molar-refractivity contribution < 1.29 is 9.18 Å². The summed E-state index contributed by atoms with van der Waals surface area (Å²) in [5.74, 6) is -0.531. The van der Waals surface area contributed by atoms with Crippen LogP contribution >= 0.6 is 11.3 Å². The van der Waals surface area contributed by atoms with Gasteiger partial charge in [0.2, 0.25) is 0 Å². The fourth-order valence-corrected chi connectivity index (χ4v) is 5.34. The quantitative estimate of drug-likeness (QED) is 0.331. The Hall–Kier alpha value is -3.88. The maximum Gasteiger partial charge on any atom is 0.254 e. The number of carbonyl (C=O) groups excluding carboxylic acids is 1. The largest absolute Gasteiger partial charge is 0.355 e. The number of rotatable bonds is 4. The van der Waals surface area contributed by atoms with Gasteiger partial charge in [-0.15, -0.1) is 11.3 Å². The maximum atomic E-state index is 15.4. The van der Waals surface area contributed by atoms with Gasteiger partial charge in [-0.05, 0) is 66.6 Å². The fraction of sp³-hybridized carbons (Fsp3) is 0.179. The van der Waals surface area contributed by atoms with Crippen molar-refractivity contribution in [2.45, 2.75) is 6.92 Å². The average Bonchev–Trinajstić information content (AvgIpc) is 3.38. The first kappa shape index (κ1) is 22.6.